The Morgan fingerprint density at radius 1 is 0.597 bits per heavy atom. The smallest absolute Gasteiger partial charge is 0.296 e. The number of benzene rings is 4. The lowest BCUT2D eigenvalue weighted by molar-refractivity contribution is 0.0254. The van der Waals surface area contributed by atoms with Crippen LogP contribution in [0.15, 0.2) is 130 Å². The van der Waals surface area contributed by atoms with Crippen LogP contribution in [0.25, 0.3) is 22.1 Å². The molecule has 1 saturated carbocycles. The van der Waals surface area contributed by atoms with Crippen LogP contribution in [0.1, 0.15) is 178 Å². The van der Waals surface area contributed by atoms with E-state index < -0.39 is 0 Å². The molecule has 6 aliphatic rings. The lowest BCUT2D eigenvalue weighted by atomic mass is 9.33. The average Bonchev–Trinajstić information content (AvgIpc) is 3.47. The number of aryl methyl sites for hydroxylation is 1. The summed E-state index contributed by atoms with van der Waals surface area (Å²) in [6.45, 7) is 43.4. The van der Waals surface area contributed by atoms with Crippen molar-refractivity contribution in [3.05, 3.63) is 153 Å². The number of rotatable bonds is 3. The first kappa shape index (κ1) is 49.0. The molecule has 0 spiro atoms. The number of hydrogen-bond acceptors (Lipinski definition) is 3. The van der Waals surface area contributed by atoms with Crippen LogP contribution in [-0.4, -0.2) is 6.71 Å². The van der Waals surface area contributed by atoms with Gasteiger partial charge in [-0.05, 0) is 175 Å². The minimum absolute atomic E-state index is 0.0295. The lowest BCUT2D eigenvalue weighted by Gasteiger charge is -2.57. The van der Waals surface area contributed by atoms with Crippen LogP contribution in [0, 0.1) is 35.0 Å². The van der Waals surface area contributed by atoms with Gasteiger partial charge in [0.25, 0.3) is 6.71 Å². The van der Waals surface area contributed by atoms with Crippen molar-refractivity contribution >= 4 is 51.6 Å². The van der Waals surface area contributed by atoms with Crippen LogP contribution in [-0.2, 0) is 21.7 Å². The van der Waals surface area contributed by atoms with E-state index in [1.165, 1.54) is 121 Å². The van der Waals surface area contributed by atoms with E-state index in [9.17, 15) is 0 Å². The monoisotopic (exact) mass is 955 g/mol. The summed E-state index contributed by atoms with van der Waals surface area (Å²) >= 11 is 0. The molecular weight excluding hydrogens is 872 g/mol. The summed E-state index contributed by atoms with van der Waals surface area (Å²) in [6, 6.07) is 27.1. The minimum Gasteiger partial charge on any atom is -0.468 e. The van der Waals surface area contributed by atoms with E-state index in [0.717, 1.165) is 17.7 Å². The van der Waals surface area contributed by atoms with Crippen molar-refractivity contribution in [1.82, 2.24) is 0 Å². The summed E-state index contributed by atoms with van der Waals surface area (Å²) in [7, 11) is 0. The molecule has 1 aromatic heterocycles. The maximum Gasteiger partial charge on any atom is 0.296 e. The van der Waals surface area contributed by atoms with Gasteiger partial charge in [0, 0.05) is 39.6 Å². The van der Waals surface area contributed by atoms with Gasteiger partial charge in [-0.15, -0.1) is 0 Å². The Balaban J connectivity index is 1.26. The maximum atomic E-state index is 7.53. The van der Waals surface area contributed by atoms with E-state index in [4.69, 9.17) is 4.42 Å². The number of furan rings is 1. The van der Waals surface area contributed by atoms with Crippen molar-refractivity contribution in [3.8, 4) is 11.1 Å². The van der Waals surface area contributed by atoms with Crippen LogP contribution in [0.4, 0.5) is 22.7 Å². The molecule has 0 saturated heterocycles. The molecular formula is C68H83BN2O. The van der Waals surface area contributed by atoms with Crippen molar-refractivity contribution in [2.75, 3.05) is 9.80 Å². The Morgan fingerprint density at radius 3 is 1.92 bits per heavy atom. The summed E-state index contributed by atoms with van der Waals surface area (Å²) in [5.74, 6) is 0.636. The summed E-state index contributed by atoms with van der Waals surface area (Å²) < 4.78 is 7.53. The molecule has 1 fully saturated rings. The molecule has 2 atom stereocenters. The van der Waals surface area contributed by atoms with Gasteiger partial charge in [0.2, 0.25) is 0 Å². The van der Waals surface area contributed by atoms with Crippen LogP contribution < -0.4 is 20.9 Å². The Morgan fingerprint density at radius 2 is 1.24 bits per heavy atom. The molecule has 4 heteroatoms. The topological polar surface area (TPSA) is 19.6 Å². The van der Waals surface area contributed by atoms with Crippen LogP contribution in [0.2, 0.25) is 0 Å². The standard InChI is InChI=1S/C68H83BN2O/c1-41-36-54-58-55(37-41)71(53-30-24-44(63(5,6)7)39-47(53)42-22-27-49-51(38-42)67(15,16)33-32-65(49,11)12)60-52(29-28-50-57(60)68(17,18)35-34-66(50,13)14)69(58)61-59(48-40-45(64(8,9)10)25-31-56(48)72-61)70(54)46-21-19-20-43(23-26-46)62(2,3)4/h20-31,36-40,50,57H,19,32-35H2,1-18H3. The third-order valence-corrected chi connectivity index (χ3v) is 18.7. The van der Waals surface area contributed by atoms with Gasteiger partial charge in [-0.25, -0.2) is 0 Å². The van der Waals surface area contributed by atoms with Crippen molar-refractivity contribution in [1.29, 1.82) is 0 Å². The second-order valence-electron chi connectivity index (χ2n) is 28.9. The molecule has 3 heterocycles. The molecule has 374 valence electrons. The second kappa shape index (κ2) is 15.9. The molecule has 0 bridgehead atoms. The highest BCUT2D eigenvalue weighted by Crippen LogP contribution is 2.62. The predicted octanol–water partition coefficient (Wildman–Crippen LogP) is 17.8. The summed E-state index contributed by atoms with van der Waals surface area (Å²) in [5.41, 5.74) is 23.6. The molecule has 11 rings (SSSR count). The third kappa shape index (κ3) is 7.64. The first-order chi connectivity index (χ1) is 33.5. The van der Waals surface area contributed by atoms with Gasteiger partial charge in [0.1, 0.15) is 5.58 Å². The van der Waals surface area contributed by atoms with Crippen molar-refractivity contribution in [2.45, 2.75) is 178 Å². The van der Waals surface area contributed by atoms with E-state index >= 15 is 0 Å². The fourth-order valence-electron chi connectivity index (χ4n) is 14.0. The molecule has 2 unspecified atom stereocenters. The van der Waals surface area contributed by atoms with Gasteiger partial charge in [-0.1, -0.05) is 178 Å². The summed E-state index contributed by atoms with van der Waals surface area (Å²) in [6.07, 6.45) is 20.5. The van der Waals surface area contributed by atoms with Crippen LogP contribution >= 0.6 is 0 Å². The maximum absolute atomic E-state index is 7.53. The number of nitrogens with zero attached hydrogens (tertiary/aromatic N) is 2. The average molecular weight is 955 g/mol. The molecule has 5 aromatic rings. The van der Waals surface area contributed by atoms with Crippen molar-refractivity contribution < 1.29 is 4.42 Å². The lowest BCUT2D eigenvalue weighted by Crippen LogP contribution is -2.59. The third-order valence-electron chi connectivity index (χ3n) is 18.7. The Labute approximate surface area is 434 Å². The number of allylic oxidation sites excluding steroid dienone is 9. The molecule has 4 aromatic carbocycles. The molecule has 0 N–H and O–H groups in total. The first-order valence-corrected chi connectivity index (χ1v) is 27.6. The Kier molecular flexibility index (Phi) is 10.8. The van der Waals surface area contributed by atoms with Gasteiger partial charge in [-0.2, -0.15) is 0 Å². The zero-order chi connectivity index (χ0) is 51.6. The largest absolute Gasteiger partial charge is 0.468 e. The number of hydrogen-bond donors (Lipinski definition) is 0. The SMILES string of the molecule is Cc1cc2c3c(c1)N(C1=CCC=C(C(C)(C)C)C=C1)c1c(oc4ccc(C(C)(C)C)cc14)B3C1=C(C3C(C=C1)C(C)(C)CCC3(C)C)N2c1ccc(C(C)(C)C)cc1-c1ccc2c(c1)C(C)(C)CCC2(C)C. The molecule has 2 aliphatic heterocycles. The minimum atomic E-state index is -0.0979. The number of anilines is 4. The Bertz CT molecular complexity index is 3260. The van der Waals surface area contributed by atoms with E-state index in [0.29, 0.717) is 5.92 Å². The highest BCUT2D eigenvalue weighted by atomic mass is 16.3. The van der Waals surface area contributed by atoms with E-state index in [1.807, 2.05) is 0 Å². The molecule has 72 heavy (non-hydrogen) atoms. The first-order valence-electron chi connectivity index (χ1n) is 27.6. The molecule has 3 nitrogen and oxygen atoms in total. The van der Waals surface area contributed by atoms with E-state index in [1.54, 1.807) is 0 Å². The molecule has 0 radical (unpaired) electrons. The highest BCUT2D eigenvalue weighted by Gasteiger charge is 2.56. The van der Waals surface area contributed by atoms with E-state index in [-0.39, 0.29) is 50.5 Å². The molecule has 0 amide bonds. The fraction of sp³-hybridized carbons (Fsp3) is 0.471. The van der Waals surface area contributed by atoms with Crippen LogP contribution in [0.3, 0.4) is 0 Å². The summed E-state index contributed by atoms with van der Waals surface area (Å²) in [4.78, 5) is 5.42. The van der Waals surface area contributed by atoms with Crippen LogP contribution in [0.5, 0.6) is 0 Å². The molecule has 4 aliphatic carbocycles. The normalized spacial score (nSPS) is 22.7. The van der Waals surface area contributed by atoms with Gasteiger partial charge in [0.15, 0.2) is 0 Å². The highest BCUT2D eigenvalue weighted by molar-refractivity contribution is 6.95. The van der Waals surface area contributed by atoms with Gasteiger partial charge in [0.05, 0.1) is 17.0 Å². The van der Waals surface area contributed by atoms with Crippen molar-refractivity contribution in [2.24, 2.45) is 28.1 Å². The second-order valence-corrected chi connectivity index (χ2v) is 28.9. The number of fused-ring (bicyclic) bond motifs is 8. The summed E-state index contributed by atoms with van der Waals surface area (Å²) in [5, 5.41) is 1.19. The van der Waals surface area contributed by atoms with Gasteiger partial charge >= 0.3 is 0 Å². The van der Waals surface area contributed by atoms with Gasteiger partial charge in [-0.3, -0.25) is 0 Å². The zero-order valence-electron chi connectivity index (χ0n) is 47.4. The fourth-order valence-corrected chi connectivity index (χ4v) is 14.0. The van der Waals surface area contributed by atoms with Gasteiger partial charge < -0.3 is 14.2 Å². The quantitative estimate of drug-likeness (QED) is 0.168. The van der Waals surface area contributed by atoms with Crippen molar-refractivity contribution in [3.63, 3.8) is 0 Å². The zero-order valence-corrected chi connectivity index (χ0v) is 47.4. The Hall–Kier alpha value is -5.22. The predicted molar refractivity (Wildman–Crippen MR) is 311 cm³/mol. The van der Waals surface area contributed by atoms with E-state index in [2.05, 4.69) is 238 Å².